The molecule has 1 heterocycles. The lowest BCUT2D eigenvalue weighted by Crippen LogP contribution is -2.33. The third-order valence-corrected chi connectivity index (χ3v) is 3.94. The first-order valence-corrected chi connectivity index (χ1v) is 7.13. The minimum Gasteiger partial charge on any atom is -0.469 e. The number of rotatable bonds is 5. The Bertz CT molecular complexity index is 383. The van der Waals surface area contributed by atoms with E-state index in [1.165, 1.54) is 25.5 Å². The molecule has 0 saturated carbocycles. The van der Waals surface area contributed by atoms with Crippen LogP contribution < -0.4 is 0 Å². The van der Waals surface area contributed by atoms with Crippen LogP contribution in [-0.2, 0) is 9.53 Å². The normalized spacial score (nSPS) is 17.3. The SMILES string of the molecule is COC(=O)CCCN1CCC(c2ccccc2)CC1. The zero-order valence-corrected chi connectivity index (χ0v) is 11.7. The standard InChI is InChI=1S/C16H23NO2/c1-19-16(18)8-5-11-17-12-9-15(10-13-17)14-6-3-2-4-7-14/h2-4,6-7,15H,5,8-13H2,1H3. The van der Waals surface area contributed by atoms with Crippen molar-refractivity contribution in [2.75, 3.05) is 26.7 Å². The summed E-state index contributed by atoms with van der Waals surface area (Å²) in [7, 11) is 1.45. The summed E-state index contributed by atoms with van der Waals surface area (Å²) in [5.74, 6) is 0.609. The van der Waals surface area contributed by atoms with Crippen molar-refractivity contribution in [3.8, 4) is 0 Å². The summed E-state index contributed by atoms with van der Waals surface area (Å²) in [5, 5.41) is 0. The molecule has 104 valence electrons. The maximum atomic E-state index is 11.0. The molecule has 0 amide bonds. The molecule has 0 unspecified atom stereocenters. The molecule has 0 radical (unpaired) electrons. The maximum absolute atomic E-state index is 11.0. The zero-order chi connectivity index (χ0) is 13.5. The summed E-state index contributed by atoms with van der Waals surface area (Å²) < 4.78 is 4.66. The highest BCUT2D eigenvalue weighted by Gasteiger charge is 2.20. The topological polar surface area (TPSA) is 29.5 Å². The van der Waals surface area contributed by atoms with Crippen LogP contribution in [0.15, 0.2) is 30.3 Å². The summed E-state index contributed by atoms with van der Waals surface area (Å²) >= 11 is 0. The van der Waals surface area contributed by atoms with Crippen LogP contribution in [0.4, 0.5) is 0 Å². The first-order chi connectivity index (χ1) is 9.29. The van der Waals surface area contributed by atoms with E-state index in [1.54, 1.807) is 0 Å². The van der Waals surface area contributed by atoms with Crippen LogP contribution >= 0.6 is 0 Å². The van der Waals surface area contributed by atoms with E-state index in [0.29, 0.717) is 12.3 Å². The molecule has 3 nitrogen and oxygen atoms in total. The van der Waals surface area contributed by atoms with Crippen molar-refractivity contribution in [2.24, 2.45) is 0 Å². The molecule has 0 bridgehead atoms. The van der Waals surface area contributed by atoms with Crippen molar-refractivity contribution < 1.29 is 9.53 Å². The fourth-order valence-electron chi connectivity index (χ4n) is 2.76. The summed E-state index contributed by atoms with van der Waals surface area (Å²) in [5.41, 5.74) is 1.47. The van der Waals surface area contributed by atoms with Gasteiger partial charge in [-0.1, -0.05) is 30.3 Å². The van der Waals surface area contributed by atoms with E-state index in [4.69, 9.17) is 0 Å². The molecule has 0 N–H and O–H groups in total. The van der Waals surface area contributed by atoms with Gasteiger partial charge in [-0.3, -0.25) is 4.79 Å². The Morgan fingerprint density at radius 3 is 2.58 bits per heavy atom. The Hall–Kier alpha value is -1.35. The molecule has 0 spiro atoms. The lowest BCUT2D eigenvalue weighted by molar-refractivity contribution is -0.140. The van der Waals surface area contributed by atoms with Crippen LogP contribution in [0.25, 0.3) is 0 Å². The highest BCUT2D eigenvalue weighted by atomic mass is 16.5. The highest BCUT2D eigenvalue weighted by molar-refractivity contribution is 5.69. The van der Waals surface area contributed by atoms with Gasteiger partial charge in [0.1, 0.15) is 0 Å². The number of hydrogen-bond donors (Lipinski definition) is 0. The van der Waals surface area contributed by atoms with Gasteiger partial charge in [-0.05, 0) is 50.4 Å². The lowest BCUT2D eigenvalue weighted by atomic mass is 9.89. The van der Waals surface area contributed by atoms with Gasteiger partial charge in [0, 0.05) is 6.42 Å². The molecule has 3 heteroatoms. The molecule has 2 rings (SSSR count). The minimum atomic E-state index is -0.0980. The van der Waals surface area contributed by atoms with Crippen molar-refractivity contribution in [1.82, 2.24) is 4.90 Å². The molecule has 1 saturated heterocycles. The molecule has 19 heavy (non-hydrogen) atoms. The summed E-state index contributed by atoms with van der Waals surface area (Å²) in [6.45, 7) is 3.29. The van der Waals surface area contributed by atoms with Crippen LogP contribution in [0.5, 0.6) is 0 Å². The van der Waals surface area contributed by atoms with Gasteiger partial charge < -0.3 is 9.64 Å². The van der Waals surface area contributed by atoms with Crippen LogP contribution in [0.1, 0.15) is 37.2 Å². The van der Waals surface area contributed by atoms with Crippen LogP contribution in [0, 0.1) is 0 Å². The van der Waals surface area contributed by atoms with Gasteiger partial charge in [0.15, 0.2) is 0 Å². The van der Waals surface area contributed by atoms with Crippen molar-refractivity contribution in [1.29, 1.82) is 0 Å². The first kappa shape index (κ1) is 14.1. The molecular formula is C16H23NO2. The number of methoxy groups -OCH3 is 1. The van der Waals surface area contributed by atoms with Gasteiger partial charge in [0.2, 0.25) is 0 Å². The molecule has 0 aliphatic carbocycles. The second-order valence-electron chi connectivity index (χ2n) is 5.21. The maximum Gasteiger partial charge on any atom is 0.305 e. The second kappa shape index (κ2) is 7.29. The van der Waals surface area contributed by atoms with E-state index >= 15 is 0 Å². The Kier molecular flexibility index (Phi) is 5.40. The van der Waals surface area contributed by atoms with Crippen LogP contribution in [0.2, 0.25) is 0 Å². The average molecular weight is 261 g/mol. The number of carbonyl (C=O) groups is 1. The third kappa shape index (κ3) is 4.35. The number of piperidine rings is 1. The largest absolute Gasteiger partial charge is 0.469 e. The molecule has 1 aromatic rings. The molecule has 1 fully saturated rings. The molecule has 0 aromatic heterocycles. The predicted molar refractivity (Wildman–Crippen MR) is 76.1 cm³/mol. The second-order valence-corrected chi connectivity index (χ2v) is 5.21. The van der Waals surface area contributed by atoms with E-state index in [0.717, 1.165) is 26.1 Å². The molecular weight excluding hydrogens is 238 g/mol. The lowest BCUT2D eigenvalue weighted by Gasteiger charge is -2.32. The van der Waals surface area contributed by atoms with Gasteiger partial charge in [-0.25, -0.2) is 0 Å². The quantitative estimate of drug-likeness (QED) is 0.763. The molecule has 0 atom stereocenters. The van der Waals surface area contributed by atoms with Gasteiger partial charge in [-0.15, -0.1) is 0 Å². The van der Waals surface area contributed by atoms with E-state index in [2.05, 4.69) is 40.0 Å². The van der Waals surface area contributed by atoms with Gasteiger partial charge in [0.05, 0.1) is 7.11 Å². The Labute approximate surface area is 115 Å². The number of ether oxygens (including phenoxy) is 1. The fourth-order valence-corrected chi connectivity index (χ4v) is 2.76. The minimum absolute atomic E-state index is 0.0980. The first-order valence-electron chi connectivity index (χ1n) is 7.13. The van der Waals surface area contributed by atoms with Gasteiger partial charge >= 0.3 is 5.97 Å². The molecule has 1 aliphatic rings. The average Bonchev–Trinajstić information content (AvgIpc) is 2.48. The van der Waals surface area contributed by atoms with Crippen molar-refractivity contribution in [2.45, 2.75) is 31.6 Å². The number of hydrogen-bond acceptors (Lipinski definition) is 3. The Morgan fingerprint density at radius 2 is 1.95 bits per heavy atom. The molecule has 1 aliphatic heterocycles. The third-order valence-electron chi connectivity index (χ3n) is 3.94. The van der Waals surface area contributed by atoms with Gasteiger partial charge in [0.25, 0.3) is 0 Å². The van der Waals surface area contributed by atoms with Crippen molar-refractivity contribution in [3.63, 3.8) is 0 Å². The number of likely N-dealkylation sites (tertiary alicyclic amines) is 1. The Balaban J connectivity index is 1.69. The summed E-state index contributed by atoms with van der Waals surface area (Å²) in [6.07, 6.45) is 3.89. The number of benzene rings is 1. The van der Waals surface area contributed by atoms with E-state index in [9.17, 15) is 4.79 Å². The molecule has 1 aromatic carbocycles. The van der Waals surface area contributed by atoms with Crippen molar-refractivity contribution >= 4 is 5.97 Å². The monoisotopic (exact) mass is 261 g/mol. The van der Waals surface area contributed by atoms with E-state index in [1.807, 2.05) is 0 Å². The number of nitrogens with zero attached hydrogens (tertiary/aromatic N) is 1. The van der Waals surface area contributed by atoms with E-state index in [-0.39, 0.29) is 5.97 Å². The Morgan fingerprint density at radius 1 is 1.26 bits per heavy atom. The zero-order valence-electron chi connectivity index (χ0n) is 11.7. The van der Waals surface area contributed by atoms with Gasteiger partial charge in [-0.2, -0.15) is 0 Å². The summed E-state index contributed by atoms with van der Waals surface area (Å²) in [4.78, 5) is 13.5. The predicted octanol–water partition coefficient (Wildman–Crippen LogP) is 2.82. The van der Waals surface area contributed by atoms with E-state index < -0.39 is 0 Å². The van der Waals surface area contributed by atoms with Crippen LogP contribution in [-0.4, -0.2) is 37.6 Å². The number of esters is 1. The highest BCUT2D eigenvalue weighted by Crippen LogP contribution is 2.27. The number of carbonyl (C=O) groups excluding carboxylic acids is 1. The van der Waals surface area contributed by atoms with Crippen LogP contribution in [0.3, 0.4) is 0 Å². The fraction of sp³-hybridized carbons (Fsp3) is 0.562. The van der Waals surface area contributed by atoms with Crippen molar-refractivity contribution in [3.05, 3.63) is 35.9 Å². The smallest absolute Gasteiger partial charge is 0.305 e. The summed E-state index contributed by atoms with van der Waals surface area (Å²) in [6, 6.07) is 10.8.